The average Bonchev–Trinajstić information content (AvgIpc) is 2.41. The molecule has 1 aliphatic rings. The van der Waals surface area contributed by atoms with Crippen molar-refractivity contribution in [2.45, 2.75) is 32.2 Å². The van der Waals surface area contributed by atoms with E-state index in [1.807, 2.05) is 25.1 Å². The maximum absolute atomic E-state index is 12.3. The summed E-state index contributed by atoms with van der Waals surface area (Å²) in [5.41, 5.74) is 0.812. The Balaban J connectivity index is 2.00. The van der Waals surface area contributed by atoms with Gasteiger partial charge in [-0.2, -0.15) is 0 Å². The molecule has 1 N–H and O–H groups in total. The number of likely N-dealkylation sites (tertiary alicyclic amines) is 1. The zero-order valence-corrected chi connectivity index (χ0v) is 12.1. The predicted octanol–water partition coefficient (Wildman–Crippen LogP) is 2.59. The van der Waals surface area contributed by atoms with Crippen molar-refractivity contribution in [3.63, 3.8) is 0 Å². The van der Waals surface area contributed by atoms with E-state index in [9.17, 15) is 9.59 Å². The predicted molar refractivity (Wildman–Crippen MR) is 76.7 cm³/mol. The Hall–Kier alpha value is -1.55. The van der Waals surface area contributed by atoms with Crippen LogP contribution in [-0.2, 0) is 16.0 Å². The van der Waals surface area contributed by atoms with E-state index in [-0.39, 0.29) is 24.3 Å². The van der Waals surface area contributed by atoms with E-state index >= 15 is 0 Å². The van der Waals surface area contributed by atoms with Crippen LogP contribution >= 0.6 is 11.6 Å². The number of hydrogen-bond donors (Lipinski definition) is 1. The number of hydrogen-bond acceptors (Lipinski definition) is 2. The minimum atomic E-state index is -0.768. The lowest BCUT2D eigenvalue weighted by molar-refractivity contribution is -0.147. The Bertz CT molecular complexity index is 518. The zero-order chi connectivity index (χ0) is 14.7. The van der Waals surface area contributed by atoms with Gasteiger partial charge in [-0.15, -0.1) is 0 Å². The highest BCUT2D eigenvalue weighted by atomic mass is 35.5. The maximum atomic E-state index is 12.3. The van der Waals surface area contributed by atoms with Crippen LogP contribution in [0.15, 0.2) is 24.3 Å². The fourth-order valence-electron chi connectivity index (χ4n) is 2.67. The van der Waals surface area contributed by atoms with E-state index in [0.29, 0.717) is 24.4 Å². The number of carbonyl (C=O) groups is 2. The lowest BCUT2D eigenvalue weighted by atomic mass is 9.91. The minimum Gasteiger partial charge on any atom is -0.481 e. The van der Waals surface area contributed by atoms with Crippen LogP contribution in [0.3, 0.4) is 0 Å². The number of aliphatic carboxylic acids is 1. The summed E-state index contributed by atoms with van der Waals surface area (Å²) in [6, 6.07) is 7.25. The SMILES string of the molecule is CC1CC(C(=O)O)CCN1C(=O)Cc1ccccc1Cl. The van der Waals surface area contributed by atoms with Gasteiger partial charge in [-0.25, -0.2) is 0 Å². The highest BCUT2D eigenvalue weighted by Crippen LogP contribution is 2.24. The van der Waals surface area contributed by atoms with Gasteiger partial charge in [-0.05, 0) is 31.4 Å². The largest absolute Gasteiger partial charge is 0.481 e. The van der Waals surface area contributed by atoms with E-state index in [1.165, 1.54) is 0 Å². The summed E-state index contributed by atoms with van der Waals surface area (Å²) in [7, 11) is 0. The van der Waals surface area contributed by atoms with Gasteiger partial charge in [-0.1, -0.05) is 29.8 Å². The smallest absolute Gasteiger partial charge is 0.306 e. The van der Waals surface area contributed by atoms with Crippen molar-refractivity contribution < 1.29 is 14.7 Å². The molecule has 1 amide bonds. The summed E-state index contributed by atoms with van der Waals surface area (Å²) in [4.78, 5) is 25.1. The van der Waals surface area contributed by atoms with Crippen LogP contribution < -0.4 is 0 Å². The van der Waals surface area contributed by atoms with Gasteiger partial charge in [0.1, 0.15) is 0 Å². The molecule has 0 saturated carbocycles. The summed E-state index contributed by atoms with van der Waals surface area (Å²) < 4.78 is 0. The molecule has 1 heterocycles. The van der Waals surface area contributed by atoms with Crippen LogP contribution in [0.5, 0.6) is 0 Å². The molecule has 0 radical (unpaired) electrons. The van der Waals surface area contributed by atoms with E-state index in [2.05, 4.69) is 0 Å². The van der Waals surface area contributed by atoms with Gasteiger partial charge < -0.3 is 10.0 Å². The normalized spacial score (nSPS) is 22.6. The Morgan fingerprint density at radius 1 is 1.40 bits per heavy atom. The van der Waals surface area contributed by atoms with Gasteiger partial charge >= 0.3 is 5.97 Å². The van der Waals surface area contributed by atoms with Crippen molar-refractivity contribution in [2.24, 2.45) is 5.92 Å². The van der Waals surface area contributed by atoms with Gasteiger partial charge in [0.05, 0.1) is 12.3 Å². The van der Waals surface area contributed by atoms with Crippen molar-refractivity contribution in [3.8, 4) is 0 Å². The zero-order valence-electron chi connectivity index (χ0n) is 11.4. The van der Waals surface area contributed by atoms with E-state index in [0.717, 1.165) is 5.56 Å². The van der Waals surface area contributed by atoms with Crippen LogP contribution in [0.25, 0.3) is 0 Å². The first kappa shape index (κ1) is 14.9. The van der Waals surface area contributed by atoms with Crippen LogP contribution in [0, 0.1) is 5.92 Å². The molecule has 1 fully saturated rings. The van der Waals surface area contributed by atoms with Crippen molar-refractivity contribution >= 4 is 23.5 Å². The Morgan fingerprint density at radius 3 is 2.70 bits per heavy atom. The molecule has 1 aliphatic heterocycles. The monoisotopic (exact) mass is 295 g/mol. The maximum Gasteiger partial charge on any atom is 0.306 e. The van der Waals surface area contributed by atoms with Gasteiger partial charge in [0, 0.05) is 17.6 Å². The van der Waals surface area contributed by atoms with Gasteiger partial charge in [0.2, 0.25) is 5.91 Å². The summed E-state index contributed by atoms with van der Waals surface area (Å²) >= 11 is 6.06. The number of nitrogens with zero attached hydrogens (tertiary/aromatic N) is 1. The molecule has 2 atom stereocenters. The molecule has 1 saturated heterocycles. The van der Waals surface area contributed by atoms with Crippen LogP contribution in [0.4, 0.5) is 0 Å². The summed E-state index contributed by atoms with van der Waals surface area (Å²) in [5.74, 6) is -1.10. The van der Waals surface area contributed by atoms with E-state index in [4.69, 9.17) is 16.7 Å². The summed E-state index contributed by atoms with van der Waals surface area (Å²) in [6.07, 6.45) is 1.30. The highest BCUT2D eigenvalue weighted by molar-refractivity contribution is 6.31. The van der Waals surface area contributed by atoms with E-state index in [1.54, 1.807) is 11.0 Å². The topological polar surface area (TPSA) is 57.6 Å². The second-order valence-corrected chi connectivity index (χ2v) is 5.67. The lowest BCUT2D eigenvalue weighted by Gasteiger charge is -2.36. The molecule has 1 aromatic rings. The summed E-state index contributed by atoms with van der Waals surface area (Å²) in [5, 5.41) is 9.62. The quantitative estimate of drug-likeness (QED) is 0.932. The highest BCUT2D eigenvalue weighted by Gasteiger charge is 2.32. The average molecular weight is 296 g/mol. The number of halogens is 1. The molecular formula is C15H18ClNO3. The third-order valence-electron chi connectivity index (χ3n) is 3.85. The fraction of sp³-hybridized carbons (Fsp3) is 0.467. The third-order valence-corrected chi connectivity index (χ3v) is 4.21. The van der Waals surface area contributed by atoms with Gasteiger partial charge in [-0.3, -0.25) is 9.59 Å². The number of benzene rings is 1. The van der Waals surface area contributed by atoms with Crippen molar-refractivity contribution in [1.29, 1.82) is 0 Å². The molecule has 108 valence electrons. The molecule has 0 spiro atoms. The summed E-state index contributed by atoms with van der Waals surface area (Å²) in [6.45, 7) is 2.40. The fourth-order valence-corrected chi connectivity index (χ4v) is 2.88. The molecule has 0 aliphatic carbocycles. The second kappa shape index (κ2) is 6.27. The van der Waals surface area contributed by atoms with Crippen molar-refractivity contribution in [3.05, 3.63) is 34.9 Å². The number of amides is 1. The Labute approximate surface area is 123 Å². The molecule has 2 rings (SSSR count). The van der Waals surface area contributed by atoms with Crippen LogP contribution in [0.1, 0.15) is 25.3 Å². The standard InChI is InChI=1S/C15H18ClNO3/c1-10-8-12(15(19)20)6-7-17(10)14(18)9-11-4-2-3-5-13(11)16/h2-5,10,12H,6-9H2,1H3,(H,19,20). The minimum absolute atomic E-state index is 0.00874. The first-order chi connectivity index (χ1) is 9.49. The van der Waals surface area contributed by atoms with Gasteiger partial charge in [0.15, 0.2) is 0 Å². The van der Waals surface area contributed by atoms with Crippen LogP contribution in [0.2, 0.25) is 5.02 Å². The number of carbonyl (C=O) groups excluding carboxylic acids is 1. The molecule has 4 nitrogen and oxygen atoms in total. The molecule has 20 heavy (non-hydrogen) atoms. The number of carboxylic acids is 1. The molecule has 2 unspecified atom stereocenters. The number of rotatable bonds is 3. The van der Waals surface area contributed by atoms with E-state index < -0.39 is 5.97 Å². The molecular weight excluding hydrogens is 278 g/mol. The lowest BCUT2D eigenvalue weighted by Crippen LogP contribution is -2.46. The van der Waals surface area contributed by atoms with Crippen molar-refractivity contribution in [1.82, 2.24) is 4.90 Å². The molecule has 5 heteroatoms. The number of carboxylic acid groups (broad SMARTS) is 1. The molecule has 0 aromatic heterocycles. The van der Waals surface area contributed by atoms with Crippen molar-refractivity contribution in [2.75, 3.05) is 6.54 Å². The Morgan fingerprint density at radius 2 is 2.10 bits per heavy atom. The van der Waals surface area contributed by atoms with Gasteiger partial charge in [0.25, 0.3) is 0 Å². The molecule has 0 bridgehead atoms. The Kier molecular flexibility index (Phi) is 4.65. The number of piperidine rings is 1. The molecule has 1 aromatic carbocycles. The first-order valence-corrected chi connectivity index (χ1v) is 7.12. The first-order valence-electron chi connectivity index (χ1n) is 6.74. The third kappa shape index (κ3) is 3.31. The van der Waals surface area contributed by atoms with Crippen LogP contribution in [-0.4, -0.2) is 34.5 Å². The second-order valence-electron chi connectivity index (χ2n) is 5.26.